The first-order valence-electron chi connectivity index (χ1n) is 10.8. The Hall–Kier alpha value is -3.44. The number of fused-ring (bicyclic) bond motifs is 1. The number of nitrogens with zero attached hydrogens (tertiary/aromatic N) is 2. The highest BCUT2D eigenvalue weighted by molar-refractivity contribution is 5.98. The zero-order valence-electron chi connectivity index (χ0n) is 18.2. The van der Waals surface area contributed by atoms with Gasteiger partial charge >= 0.3 is 0 Å². The van der Waals surface area contributed by atoms with Gasteiger partial charge in [0.2, 0.25) is 0 Å². The molecule has 5 heteroatoms. The summed E-state index contributed by atoms with van der Waals surface area (Å²) < 4.78 is 20.6. The maximum atomic E-state index is 13.5. The molecule has 0 aliphatic heterocycles. The van der Waals surface area contributed by atoms with E-state index in [1.807, 2.05) is 65.7 Å². The lowest BCUT2D eigenvalue weighted by atomic mass is 10.1. The van der Waals surface area contributed by atoms with E-state index in [0.29, 0.717) is 31.8 Å². The summed E-state index contributed by atoms with van der Waals surface area (Å²) in [4.78, 5) is 15.3. The van der Waals surface area contributed by atoms with Gasteiger partial charge in [0.1, 0.15) is 5.82 Å². The summed E-state index contributed by atoms with van der Waals surface area (Å²) in [5.41, 5.74) is 2.72. The van der Waals surface area contributed by atoms with E-state index in [1.165, 1.54) is 12.1 Å². The average molecular weight is 431 g/mol. The van der Waals surface area contributed by atoms with E-state index in [4.69, 9.17) is 4.74 Å². The third-order valence-electron chi connectivity index (χ3n) is 5.60. The summed E-state index contributed by atoms with van der Waals surface area (Å²) in [5, 5.41) is 2.16. The molecule has 164 valence electrons. The molecular formula is C27H27FN2O2. The van der Waals surface area contributed by atoms with Gasteiger partial charge < -0.3 is 14.2 Å². The van der Waals surface area contributed by atoms with Crippen LogP contribution < -0.4 is 0 Å². The van der Waals surface area contributed by atoms with Gasteiger partial charge in [-0.3, -0.25) is 4.79 Å². The van der Waals surface area contributed by atoms with Crippen molar-refractivity contribution in [1.82, 2.24) is 9.47 Å². The van der Waals surface area contributed by atoms with E-state index in [0.717, 1.165) is 28.5 Å². The van der Waals surface area contributed by atoms with Gasteiger partial charge in [0.25, 0.3) is 5.91 Å². The second-order valence-corrected chi connectivity index (χ2v) is 7.89. The monoisotopic (exact) mass is 430 g/mol. The summed E-state index contributed by atoms with van der Waals surface area (Å²) in [7, 11) is 1.67. The number of carbonyl (C=O) groups is 1. The van der Waals surface area contributed by atoms with Gasteiger partial charge in [0.05, 0.1) is 6.54 Å². The number of carbonyl (C=O) groups excluding carboxylic acids is 1. The predicted octanol–water partition coefficient (Wildman–Crippen LogP) is 5.51. The second-order valence-electron chi connectivity index (χ2n) is 7.89. The van der Waals surface area contributed by atoms with Crippen LogP contribution in [0.4, 0.5) is 4.39 Å². The molecule has 1 aromatic heterocycles. The smallest absolute Gasteiger partial charge is 0.254 e. The Balaban J connectivity index is 1.56. The first-order chi connectivity index (χ1) is 15.6. The van der Waals surface area contributed by atoms with Gasteiger partial charge in [-0.1, -0.05) is 42.5 Å². The lowest BCUT2D eigenvalue weighted by molar-refractivity contribution is 0.0720. The van der Waals surface area contributed by atoms with Crippen molar-refractivity contribution in [2.75, 3.05) is 20.3 Å². The van der Waals surface area contributed by atoms with Gasteiger partial charge in [-0.15, -0.1) is 0 Å². The van der Waals surface area contributed by atoms with E-state index in [1.54, 1.807) is 19.2 Å². The molecule has 0 atom stereocenters. The van der Waals surface area contributed by atoms with Crippen LogP contribution in [0.5, 0.6) is 0 Å². The van der Waals surface area contributed by atoms with Gasteiger partial charge in [-0.2, -0.15) is 0 Å². The zero-order valence-corrected chi connectivity index (χ0v) is 18.2. The van der Waals surface area contributed by atoms with Crippen molar-refractivity contribution in [3.8, 4) is 0 Å². The lowest BCUT2D eigenvalue weighted by Gasteiger charge is -2.24. The molecule has 0 fully saturated rings. The Labute approximate surface area is 187 Å². The summed E-state index contributed by atoms with van der Waals surface area (Å²) >= 11 is 0. The molecule has 1 amide bonds. The molecule has 0 aliphatic rings. The fourth-order valence-corrected chi connectivity index (χ4v) is 3.89. The molecule has 4 aromatic rings. The van der Waals surface area contributed by atoms with Crippen molar-refractivity contribution in [2.45, 2.75) is 19.5 Å². The molecule has 0 saturated heterocycles. The third-order valence-corrected chi connectivity index (χ3v) is 5.60. The number of hydrogen-bond donors (Lipinski definition) is 0. The predicted molar refractivity (Wildman–Crippen MR) is 125 cm³/mol. The minimum absolute atomic E-state index is 0.00129. The highest BCUT2D eigenvalue weighted by Crippen LogP contribution is 2.19. The van der Waals surface area contributed by atoms with E-state index in [9.17, 15) is 9.18 Å². The normalized spacial score (nSPS) is 11.1. The standard InChI is InChI=1S/C27H27FN2O2/c1-32-17-5-16-30(27(31)24-12-11-22-6-2-3-7-23(22)18-24)20-26-8-4-15-29(26)19-21-9-13-25(28)14-10-21/h2-4,6-15,18H,5,16-17,19-20H2,1H3. The molecule has 0 N–H and O–H groups in total. The zero-order chi connectivity index (χ0) is 22.3. The quantitative estimate of drug-likeness (QED) is 0.328. The van der Waals surface area contributed by atoms with Crippen molar-refractivity contribution < 1.29 is 13.9 Å². The summed E-state index contributed by atoms with van der Waals surface area (Å²) in [6.45, 7) is 2.31. The molecule has 3 aromatic carbocycles. The average Bonchev–Trinajstić information content (AvgIpc) is 3.25. The molecule has 0 radical (unpaired) electrons. The minimum atomic E-state index is -0.244. The van der Waals surface area contributed by atoms with Crippen LogP contribution in [0.2, 0.25) is 0 Å². The molecule has 0 spiro atoms. The summed E-state index contributed by atoms with van der Waals surface area (Å²) in [5.74, 6) is -0.242. The number of hydrogen-bond acceptors (Lipinski definition) is 2. The summed E-state index contributed by atoms with van der Waals surface area (Å²) in [6.07, 6.45) is 2.75. The number of rotatable bonds is 9. The maximum Gasteiger partial charge on any atom is 0.254 e. The van der Waals surface area contributed by atoms with Gasteiger partial charge in [0, 0.05) is 44.3 Å². The highest BCUT2D eigenvalue weighted by atomic mass is 19.1. The van der Waals surface area contributed by atoms with Crippen LogP contribution in [0.1, 0.15) is 28.0 Å². The topological polar surface area (TPSA) is 34.5 Å². The number of benzene rings is 3. The fourth-order valence-electron chi connectivity index (χ4n) is 3.89. The van der Waals surface area contributed by atoms with Crippen LogP contribution in [0.15, 0.2) is 85.1 Å². The van der Waals surface area contributed by atoms with E-state index in [-0.39, 0.29) is 11.7 Å². The van der Waals surface area contributed by atoms with E-state index >= 15 is 0 Å². The third kappa shape index (κ3) is 5.24. The molecule has 0 saturated carbocycles. The Morgan fingerprint density at radius 1 is 0.969 bits per heavy atom. The maximum absolute atomic E-state index is 13.5. The number of halogens is 1. The fraction of sp³-hybridized carbons (Fsp3) is 0.222. The van der Waals surface area contributed by atoms with Crippen LogP contribution in [-0.4, -0.2) is 35.6 Å². The summed E-state index contributed by atoms with van der Waals surface area (Å²) in [6, 6.07) is 24.4. The van der Waals surface area contributed by atoms with Crippen molar-refractivity contribution in [1.29, 1.82) is 0 Å². The van der Waals surface area contributed by atoms with E-state index < -0.39 is 0 Å². The number of aromatic nitrogens is 1. The Bertz CT molecular complexity index is 1180. The van der Waals surface area contributed by atoms with Gasteiger partial charge in [-0.25, -0.2) is 4.39 Å². The van der Waals surface area contributed by atoms with Gasteiger partial charge in [0.15, 0.2) is 0 Å². The number of amides is 1. The molecule has 0 aliphatic carbocycles. The lowest BCUT2D eigenvalue weighted by Crippen LogP contribution is -2.33. The molecular weight excluding hydrogens is 403 g/mol. The SMILES string of the molecule is COCCCN(Cc1cccn1Cc1ccc(F)cc1)C(=O)c1ccc2ccccc2c1. The molecule has 0 unspecified atom stereocenters. The molecule has 32 heavy (non-hydrogen) atoms. The van der Waals surface area contributed by atoms with Crippen molar-refractivity contribution in [3.05, 3.63) is 108 Å². The molecule has 1 heterocycles. The Morgan fingerprint density at radius 2 is 1.75 bits per heavy atom. The van der Waals surface area contributed by atoms with E-state index in [2.05, 4.69) is 4.57 Å². The molecule has 4 rings (SSSR count). The first kappa shape index (κ1) is 21.8. The number of ether oxygens (including phenoxy) is 1. The number of methoxy groups -OCH3 is 1. The molecule has 0 bridgehead atoms. The van der Waals surface area contributed by atoms with Crippen molar-refractivity contribution in [3.63, 3.8) is 0 Å². The first-order valence-corrected chi connectivity index (χ1v) is 10.8. The van der Waals surface area contributed by atoms with Crippen molar-refractivity contribution >= 4 is 16.7 Å². The second kappa shape index (κ2) is 10.2. The molecule has 4 nitrogen and oxygen atoms in total. The van der Waals surface area contributed by atoms with Crippen molar-refractivity contribution in [2.24, 2.45) is 0 Å². The van der Waals surface area contributed by atoms with Crippen LogP contribution in [-0.2, 0) is 17.8 Å². The van der Waals surface area contributed by atoms with Crippen LogP contribution in [0, 0.1) is 5.82 Å². The Kier molecular flexibility index (Phi) is 6.97. The van der Waals surface area contributed by atoms with Crippen LogP contribution in [0.25, 0.3) is 10.8 Å². The van der Waals surface area contributed by atoms with Crippen LogP contribution >= 0.6 is 0 Å². The minimum Gasteiger partial charge on any atom is -0.385 e. The highest BCUT2D eigenvalue weighted by Gasteiger charge is 2.18. The largest absolute Gasteiger partial charge is 0.385 e. The van der Waals surface area contributed by atoms with Crippen LogP contribution in [0.3, 0.4) is 0 Å². The van der Waals surface area contributed by atoms with Gasteiger partial charge in [-0.05, 0) is 59.2 Å². The Morgan fingerprint density at radius 3 is 2.53 bits per heavy atom.